The highest BCUT2D eigenvalue weighted by Crippen LogP contribution is 2.27. The summed E-state index contributed by atoms with van der Waals surface area (Å²) in [7, 11) is 1.66. The van der Waals surface area contributed by atoms with Crippen LogP contribution in [0.1, 0.15) is 25.5 Å². The number of amides is 1. The minimum atomic E-state index is 0.159. The van der Waals surface area contributed by atoms with Crippen LogP contribution >= 0.6 is 0 Å². The third kappa shape index (κ3) is 3.72. The van der Waals surface area contributed by atoms with Crippen molar-refractivity contribution in [2.75, 3.05) is 20.2 Å². The second kappa shape index (κ2) is 7.43. The molecule has 1 atom stereocenters. The third-order valence-corrected chi connectivity index (χ3v) is 4.56. The first-order chi connectivity index (χ1) is 11.7. The summed E-state index contributed by atoms with van der Waals surface area (Å²) in [4.78, 5) is 22.7. The SMILES string of the molecule is COc1cccc(-c2nccnc2CC2CCCN(C(C)=O)C2)c1. The Hall–Kier alpha value is -2.43. The Morgan fingerprint density at radius 1 is 1.33 bits per heavy atom. The molecule has 1 aliphatic heterocycles. The van der Waals surface area contributed by atoms with Gasteiger partial charge in [-0.15, -0.1) is 0 Å². The van der Waals surface area contributed by atoms with E-state index in [0.717, 1.165) is 55.1 Å². The topological polar surface area (TPSA) is 55.3 Å². The van der Waals surface area contributed by atoms with E-state index in [1.807, 2.05) is 29.2 Å². The maximum Gasteiger partial charge on any atom is 0.219 e. The Morgan fingerprint density at radius 3 is 2.96 bits per heavy atom. The summed E-state index contributed by atoms with van der Waals surface area (Å²) < 4.78 is 5.31. The number of ether oxygens (including phenoxy) is 1. The molecular weight excluding hydrogens is 302 g/mol. The van der Waals surface area contributed by atoms with Gasteiger partial charge >= 0.3 is 0 Å². The van der Waals surface area contributed by atoms with Gasteiger partial charge in [0.05, 0.1) is 18.5 Å². The molecule has 0 aliphatic carbocycles. The van der Waals surface area contributed by atoms with E-state index in [2.05, 4.69) is 9.97 Å². The van der Waals surface area contributed by atoms with Crippen molar-refractivity contribution in [1.82, 2.24) is 14.9 Å². The average molecular weight is 325 g/mol. The van der Waals surface area contributed by atoms with Gasteiger partial charge in [-0.3, -0.25) is 14.8 Å². The normalized spacial score (nSPS) is 17.6. The number of nitrogens with zero attached hydrogens (tertiary/aromatic N) is 3. The van der Waals surface area contributed by atoms with Crippen molar-refractivity contribution in [1.29, 1.82) is 0 Å². The van der Waals surface area contributed by atoms with Gasteiger partial charge in [0, 0.05) is 38.0 Å². The summed E-state index contributed by atoms with van der Waals surface area (Å²) in [6, 6.07) is 7.89. The predicted octanol–water partition coefficient (Wildman–Crippen LogP) is 2.95. The molecule has 1 fully saturated rings. The van der Waals surface area contributed by atoms with E-state index in [-0.39, 0.29) is 5.91 Å². The molecule has 2 aromatic rings. The number of piperidine rings is 1. The number of hydrogen-bond acceptors (Lipinski definition) is 4. The maximum atomic E-state index is 11.6. The van der Waals surface area contributed by atoms with Gasteiger partial charge in [0.15, 0.2) is 0 Å². The first kappa shape index (κ1) is 16.4. The minimum absolute atomic E-state index is 0.159. The van der Waals surface area contributed by atoms with Crippen LogP contribution in [0.5, 0.6) is 5.75 Å². The van der Waals surface area contributed by atoms with Crippen LogP contribution < -0.4 is 4.74 Å². The second-order valence-electron chi connectivity index (χ2n) is 6.26. The number of hydrogen-bond donors (Lipinski definition) is 0. The largest absolute Gasteiger partial charge is 0.497 e. The molecule has 1 saturated heterocycles. The molecule has 1 aromatic heterocycles. The van der Waals surface area contributed by atoms with Crippen molar-refractivity contribution >= 4 is 5.91 Å². The number of likely N-dealkylation sites (tertiary alicyclic amines) is 1. The number of benzene rings is 1. The lowest BCUT2D eigenvalue weighted by Crippen LogP contribution is -2.39. The quantitative estimate of drug-likeness (QED) is 0.867. The molecule has 1 aliphatic rings. The fourth-order valence-corrected chi connectivity index (χ4v) is 3.32. The van der Waals surface area contributed by atoms with E-state index in [4.69, 9.17) is 4.74 Å². The lowest BCUT2D eigenvalue weighted by Gasteiger charge is -2.32. The second-order valence-corrected chi connectivity index (χ2v) is 6.26. The highest BCUT2D eigenvalue weighted by molar-refractivity contribution is 5.73. The molecule has 5 heteroatoms. The van der Waals surface area contributed by atoms with Crippen LogP contribution in [0.3, 0.4) is 0 Å². The predicted molar refractivity (Wildman–Crippen MR) is 92.7 cm³/mol. The minimum Gasteiger partial charge on any atom is -0.497 e. The Kier molecular flexibility index (Phi) is 5.08. The number of aromatic nitrogens is 2. The standard InChI is InChI=1S/C19H23N3O2/c1-14(23)22-10-4-5-15(13-22)11-18-19(21-9-8-20-18)16-6-3-7-17(12-16)24-2/h3,6-9,12,15H,4-5,10-11,13H2,1-2H3. The highest BCUT2D eigenvalue weighted by atomic mass is 16.5. The van der Waals surface area contributed by atoms with Gasteiger partial charge in [-0.25, -0.2) is 0 Å². The lowest BCUT2D eigenvalue weighted by molar-refractivity contribution is -0.130. The van der Waals surface area contributed by atoms with Crippen molar-refractivity contribution in [2.45, 2.75) is 26.2 Å². The van der Waals surface area contributed by atoms with Crippen LogP contribution in [0, 0.1) is 5.92 Å². The molecule has 1 aromatic carbocycles. The lowest BCUT2D eigenvalue weighted by atomic mass is 9.91. The zero-order valence-electron chi connectivity index (χ0n) is 14.2. The van der Waals surface area contributed by atoms with E-state index in [9.17, 15) is 4.79 Å². The molecule has 0 spiro atoms. The number of rotatable bonds is 4. The molecule has 5 nitrogen and oxygen atoms in total. The van der Waals surface area contributed by atoms with Gasteiger partial charge in [-0.1, -0.05) is 12.1 Å². The summed E-state index contributed by atoms with van der Waals surface area (Å²) in [5.74, 6) is 1.40. The van der Waals surface area contributed by atoms with Crippen molar-refractivity contribution in [2.24, 2.45) is 5.92 Å². The molecule has 126 valence electrons. The molecule has 0 N–H and O–H groups in total. The van der Waals surface area contributed by atoms with Crippen LogP contribution in [0.25, 0.3) is 11.3 Å². The van der Waals surface area contributed by atoms with Gasteiger partial charge < -0.3 is 9.64 Å². The fraction of sp³-hybridized carbons (Fsp3) is 0.421. The molecule has 1 amide bonds. The molecule has 3 rings (SSSR count). The summed E-state index contributed by atoms with van der Waals surface area (Å²) >= 11 is 0. The van der Waals surface area contributed by atoms with Gasteiger partial charge in [0.2, 0.25) is 5.91 Å². The molecular formula is C19H23N3O2. The number of methoxy groups -OCH3 is 1. The van der Waals surface area contributed by atoms with Gasteiger partial charge in [-0.2, -0.15) is 0 Å². The first-order valence-corrected chi connectivity index (χ1v) is 8.37. The third-order valence-electron chi connectivity index (χ3n) is 4.56. The summed E-state index contributed by atoms with van der Waals surface area (Å²) in [6.45, 7) is 3.32. The van der Waals surface area contributed by atoms with E-state index in [1.165, 1.54) is 0 Å². The van der Waals surface area contributed by atoms with E-state index < -0.39 is 0 Å². The Morgan fingerprint density at radius 2 is 2.17 bits per heavy atom. The zero-order valence-corrected chi connectivity index (χ0v) is 14.2. The Bertz CT molecular complexity index is 717. The molecule has 0 saturated carbocycles. The Balaban J connectivity index is 1.83. The summed E-state index contributed by atoms with van der Waals surface area (Å²) in [5, 5.41) is 0. The smallest absolute Gasteiger partial charge is 0.219 e. The van der Waals surface area contributed by atoms with Crippen molar-refractivity contribution in [3.05, 3.63) is 42.4 Å². The molecule has 0 bridgehead atoms. The van der Waals surface area contributed by atoms with Crippen LogP contribution in [0.2, 0.25) is 0 Å². The summed E-state index contributed by atoms with van der Waals surface area (Å²) in [5.41, 5.74) is 2.90. The molecule has 2 heterocycles. The zero-order chi connectivity index (χ0) is 16.9. The van der Waals surface area contributed by atoms with Crippen molar-refractivity contribution < 1.29 is 9.53 Å². The first-order valence-electron chi connectivity index (χ1n) is 8.37. The van der Waals surface area contributed by atoms with Crippen molar-refractivity contribution in [3.63, 3.8) is 0 Å². The Labute approximate surface area is 142 Å². The van der Waals surface area contributed by atoms with Crippen LogP contribution in [0.15, 0.2) is 36.7 Å². The number of carbonyl (C=O) groups excluding carboxylic acids is 1. The van der Waals surface area contributed by atoms with Crippen molar-refractivity contribution in [3.8, 4) is 17.0 Å². The average Bonchev–Trinajstić information content (AvgIpc) is 2.62. The van der Waals surface area contributed by atoms with Crippen LogP contribution in [-0.2, 0) is 11.2 Å². The van der Waals surface area contributed by atoms with E-state index in [1.54, 1.807) is 26.4 Å². The fourth-order valence-electron chi connectivity index (χ4n) is 3.32. The van der Waals surface area contributed by atoms with Crippen LogP contribution in [0.4, 0.5) is 0 Å². The van der Waals surface area contributed by atoms with Crippen LogP contribution in [-0.4, -0.2) is 41.0 Å². The maximum absolute atomic E-state index is 11.6. The molecule has 24 heavy (non-hydrogen) atoms. The monoisotopic (exact) mass is 325 g/mol. The van der Waals surface area contributed by atoms with Gasteiger partial charge in [-0.05, 0) is 37.3 Å². The number of carbonyl (C=O) groups is 1. The van der Waals surface area contributed by atoms with Gasteiger partial charge in [0.1, 0.15) is 5.75 Å². The molecule has 1 unspecified atom stereocenters. The van der Waals surface area contributed by atoms with E-state index >= 15 is 0 Å². The van der Waals surface area contributed by atoms with Gasteiger partial charge in [0.25, 0.3) is 0 Å². The summed E-state index contributed by atoms with van der Waals surface area (Å²) in [6.07, 6.45) is 6.48. The molecule has 0 radical (unpaired) electrons. The highest BCUT2D eigenvalue weighted by Gasteiger charge is 2.23. The van der Waals surface area contributed by atoms with E-state index in [0.29, 0.717) is 5.92 Å².